The summed E-state index contributed by atoms with van der Waals surface area (Å²) in [7, 11) is 0. The molecule has 0 fully saturated rings. The molecule has 0 heterocycles. The van der Waals surface area contributed by atoms with Gasteiger partial charge >= 0.3 is 52.7 Å². The van der Waals surface area contributed by atoms with Crippen LogP contribution in [0, 0.1) is 0 Å². The molecule has 0 aliphatic heterocycles. The van der Waals surface area contributed by atoms with E-state index in [0.717, 1.165) is 6.42 Å². The molecule has 19 heavy (non-hydrogen) atoms. The van der Waals surface area contributed by atoms with Crippen molar-refractivity contribution < 1.29 is 9.53 Å². The molecule has 0 saturated heterocycles. The number of esters is 1. The van der Waals surface area contributed by atoms with Gasteiger partial charge < -0.3 is 4.74 Å². The maximum absolute atomic E-state index is 10.9. The summed E-state index contributed by atoms with van der Waals surface area (Å²) < 4.78 is 6.47. The van der Waals surface area contributed by atoms with Gasteiger partial charge in [-0.2, -0.15) is 12.6 Å². The fourth-order valence-electron chi connectivity index (χ4n) is 1.44. The van der Waals surface area contributed by atoms with Gasteiger partial charge in [-0.3, -0.25) is 4.79 Å². The third kappa shape index (κ3) is 24.1. The number of rotatable bonds is 11. The Balaban J connectivity index is 0. The number of unbranched alkanes of at least 4 members (excludes halogenated alkanes) is 6. The van der Waals surface area contributed by atoms with Crippen LogP contribution in [0.25, 0.3) is 0 Å². The Morgan fingerprint density at radius 1 is 1.00 bits per heavy atom. The molecular weight excluding hydrogens is 363 g/mol. The van der Waals surface area contributed by atoms with Crippen LogP contribution in [0.5, 0.6) is 0 Å². The van der Waals surface area contributed by atoms with Gasteiger partial charge in [-0.1, -0.05) is 39.0 Å². The monoisotopic (exact) mass is 396 g/mol. The van der Waals surface area contributed by atoms with Crippen LogP contribution < -0.4 is 0 Å². The molecule has 2 radical (unpaired) electrons. The van der Waals surface area contributed by atoms with Crippen molar-refractivity contribution in [2.45, 2.75) is 76.1 Å². The Kier molecular flexibility index (Phi) is 24.1. The average Bonchev–Trinajstić information content (AvgIpc) is 2.40. The minimum atomic E-state index is -0.117. The van der Waals surface area contributed by atoms with Gasteiger partial charge in [0.2, 0.25) is 0 Å². The van der Waals surface area contributed by atoms with E-state index in [0.29, 0.717) is 18.8 Å². The van der Waals surface area contributed by atoms with Crippen LogP contribution in [0.2, 0.25) is 4.44 Å². The fourth-order valence-corrected chi connectivity index (χ4v) is 2.78. The summed E-state index contributed by atoms with van der Waals surface area (Å²) in [4.78, 5) is 10.9. The molecule has 0 aromatic rings. The molecule has 0 spiro atoms. The van der Waals surface area contributed by atoms with E-state index in [4.69, 9.17) is 4.74 Å². The van der Waals surface area contributed by atoms with Gasteiger partial charge in [0.25, 0.3) is 0 Å². The minimum absolute atomic E-state index is 0.117. The zero-order valence-corrected chi connectivity index (χ0v) is 17.0. The molecule has 0 aliphatic carbocycles. The second-order valence-corrected chi connectivity index (χ2v) is 6.70. The molecule has 0 N–H and O–H groups in total. The number of ether oxygens (including phenoxy) is 1. The second kappa shape index (κ2) is 20.9. The van der Waals surface area contributed by atoms with Crippen molar-refractivity contribution in [2.24, 2.45) is 0 Å². The van der Waals surface area contributed by atoms with E-state index in [-0.39, 0.29) is 5.97 Å². The summed E-state index contributed by atoms with van der Waals surface area (Å²) in [5, 5.41) is 0. The van der Waals surface area contributed by atoms with Crippen molar-refractivity contribution in [2.75, 3.05) is 12.4 Å². The van der Waals surface area contributed by atoms with Crippen molar-refractivity contribution in [1.82, 2.24) is 0 Å². The molecule has 0 saturated carbocycles. The Bertz CT molecular complexity index is 176. The first kappa shape index (κ1) is 21.9. The molecule has 4 heteroatoms. The third-order valence-electron chi connectivity index (χ3n) is 2.63. The van der Waals surface area contributed by atoms with Crippen LogP contribution >= 0.6 is 12.6 Å². The van der Waals surface area contributed by atoms with Crippen LogP contribution in [0.3, 0.4) is 0 Å². The molecular formula is C15H32O2SSn. The summed E-state index contributed by atoms with van der Waals surface area (Å²) in [5.41, 5.74) is 0. The van der Waals surface area contributed by atoms with Crippen molar-refractivity contribution in [1.29, 1.82) is 0 Å². The predicted octanol–water partition coefficient (Wildman–Crippen LogP) is 4.32. The number of hydrogen-bond donors (Lipinski definition) is 1. The van der Waals surface area contributed by atoms with Gasteiger partial charge in [0.05, 0.1) is 13.0 Å². The number of carbonyl (C=O) groups is 1. The summed E-state index contributed by atoms with van der Waals surface area (Å²) in [6, 6.07) is 0. The van der Waals surface area contributed by atoms with Crippen LogP contribution in [-0.2, 0) is 9.53 Å². The average molecular weight is 395 g/mol. The van der Waals surface area contributed by atoms with E-state index in [1.165, 1.54) is 71.9 Å². The summed E-state index contributed by atoms with van der Waals surface area (Å²) in [6.07, 6.45) is 10.6. The Morgan fingerprint density at radius 3 is 2.05 bits per heavy atom. The van der Waals surface area contributed by atoms with E-state index >= 15 is 0 Å². The Labute approximate surface area is 138 Å². The van der Waals surface area contributed by atoms with Crippen LogP contribution in [-0.4, -0.2) is 40.9 Å². The van der Waals surface area contributed by atoms with Gasteiger partial charge in [0.15, 0.2) is 0 Å². The van der Waals surface area contributed by atoms with Gasteiger partial charge in [-0.15, -0.1) is 0 Å². The van der Waals surface area contributed by atoms with Gasteiger partial charge in [-0.25, -0.2) is 0 Å². The molecule has 0 aromatic carbocycles. The third-order valence-corrected chi connectivity index (χ3v) is 4.02. The van der Waals surface area contributed by atoms with Crippen molar-refractivity contribution in [3.63, 3.8) is 0 Å². The maximum atomic E-state index is 10.9. The van der Waals surface area contributed by atoms with Crippen LogP contribution in [0.15, 0.2) is 0 Å². The van der Waals surface area contributed by atoms with E-state index in [1.54, 1.807) is 0 Å². The first-order valence-corrected chi connectivity index (χ1v) is 10.7. The summed E-state index contributed by atoms with van der Waals surface area (Å²) in [5.74, 6) is 0.462. The first-order valence-electron chi connectivity index (χ1n) is 7.69. The van der Waals surface area contributed by atoms with E-state index < -0.39 is 0 Å². The fraction of sp³-hybridized carbons (Fsp3) is 0.933. The zero-order valence-electron chi connectivity index (χ0n) is 12.8. The van der Waals surface area contributed by atoms with Crippen molar-refractivity contribution >= 4 is 41.1 Å². The molecule has 0 atom stereocenters. The normalized spacial score (nSPS) is 9.68. The van der Waals surface area contributed by atoms with E-state index in [1.807, 2.05) is 0 Å². The Hall–Kier alpha value is 0.619. The molecule has 0 amide bonds. The molecule has 0 aliphatic rings. The van der Waals surface area contributed by atoms with Crippen molar-refractivity contribution in [3.05, 3.63) is 0 Å². The quantitative estimate of drug-likeness (QED) is 0.244. The van der Waals surface area contributed by atoms with E-state index in [9.17, 15) is 4.79 Å². The molecule has 0 bridgehead atoms. The summed E-state index contributed by atoms with van der Waals surface area (Å²) >= 11 is 5.41. The summed E-state index contributed by atoms with van der Waals surface area (Å²) in [6.45, 7) is 5.02. The molecule has 114 valence electrons. The molecule has 0 rings (SSSR count). The van der Waals surface area contributed by atoms with Crippen molar-refractivity contribution in [3.8, 4) is 0 Å². The molecule has 2 nitrogen and oxygen atoms in total. The number of carbonyl (C=O) groups excluding carboxylic acids is 1. The topological polar surface area (TPSA) is 26.3 Å². The Morgan fingerprint density at radius 2 is 1.58 bits per heavy atom. The van der Waals surface area contributed by atoms with Crippen LogP contribution in [0.4, 0.5) is 0 Å². The predicted molar refractivity (Wildman–Crippen MR) is 89.7 cm³/mol. The first-order chi connectivity index (χ1) is 9.22. The van der Waals surface area contributed by atoms with Gasteiger partial charge in [-0.05, 0) is 6.42 Å². The zero-order chi connectivity index (χ0) is 14.8. The molecule has 0 aromatic heterocycles. The SMILES string of the molecule is CCCCCCCCOC(=O)CCS.CCC[CH2][SnH]. The number of hydrogen-bond acceptors (Lipinski definition) is 3. The van der Waals surface area contributed by atoms with Crippen LogP contribution in [0.1, 0.15) is 71.6 Å². The van der Waals surface area contributed by atoms with Gasteiger partial charge in [0, 0.05) is 5.75 Å². The van der Waals surface area contributed by atoms with E-state index in [2.05, 4.69) is 26.5 Å². The second-order valence-electron chi connectivity index (χ2n) is 4.60. The molecule has 0 unspecified atom stereocenters. The number of thiol groups is 1. The standard InChI is InChI=1S/C11H22O2S.C4H9.Sn.H/c1-2-3-4-5-6-7-9-13-11(12)8-10-14;1-3-4-2;;/h14H,2-10H2,1H3;1,3-4H2,2H3;;. The van der Waals surface area contributed by atoms with Gasteiger partial charge in [0.1, 0.15) is 0 Å².